The third-order valence-corrected chi connectivity index (χ3v) is 11.2. The summed E-state index contributed by atoms with van der Waals surface area (Å²) in [7, 11) is 0. The maximum atomic E-state index is 2.31. The van der Waals surface area contributed by atoms with Gasteiger partial charge in [0, 0.05) is 51.2 Å². The van der Waals surface area contributed by atoms with Crippen molar-refractivity contribution >= 4 is 63.3 Å². The Kier molecular flexibility index (Phi) is 12.2. The minimum absolute atomic E-state index is 1.10. The first kappa shape index (κ1) is 40.3. The molecule has 0 aromatic heterocycles. The Hall–Kier alpha value is -8.14. The van der Waals surface area contributed by atoms with Crippen molar-refractivity contribution in [2.45, 2.75) is 13.8 Å². The lowest BCUT2D eigenvalue weighted by molar-refractivity contribution is 1.27. The number of allylic oxidation sites excluding steroid dienone is 2. The number of para-hydroxylation sites is 3. The molecule has 0 heterocycles. The van der Waals surface area contributed by atoms with Crippen LogP contribution in [-0.4, -0.2) is 0 Å². The molecule has 3 heteroatoms. The highest BCUT2D eigenvalue weighted by atomic mass is 15.2. The van der Waals surface area contributed by atoms with Gasteiger partial charge in [0.25, 0.3) is 0 Å². The smallest absolute Gasteiger partial charge is 0.0462 e. The van der Waals surface area contributed by atoms with Crippen molar-refractivity contribution in [2.24, 2.45) is 0 Å². The van der Waals surface area contributed by atoms with Gasteiger partial charge in [0.2, 0.25) is 0 Å². The summed E-state index contributed by atoms with van der Waals surface area (Å²) in [5, 5.41) is 0. The van der Waals surface area contributed by atoms with Gasteiger partial charge in [-0.3, -0.25) is 0 Å². The molecule has 63 heavy (non-hydrogen) atoms. The highest BCUT2D eigenvalue weighted by Crippen LogP contribution is 2.39. The summed E-state index contributed by atoms with van der Waals surface area (Å²) >= 11 is 0. The molecule has 0 atom stereocenters. The molecule has 0 N–H and O–H groups in total. The SMILES string of the molecule is Cc1ccc(N(c2ccc(C)cc2)c2ccc(/C=C/C=C/c3ccc(N(c4ccccc4)c4ccc(-c5ccc(N(c6ccccc6)c6ccccc6)cc5)cc4)cc3)cc2)cc1. The zero-order chi connectivity index (χ0) is 42.8. The molecule has 0 saturated heterocycles. The van der Waals surface area contributed by atoms with E-state index >= 15 is 0 Å². The molecular weight excluding hydrogens is 763 g/mol. The summed E-state index contributed by atoms with van der Waals surface area (Å²) in [6.07, 6.45) is 8.51. The van der Waals surface area contributed by atoms with Gasteiger partial charge in [0.05, 0.1) is 0 Å². The van der Waals surface area contributed by atoms with Crippen LogP contribution >= 0.6 is 0 Å². The lowest BCUT2D eigenvalue weighted by atomic mass is 10.0. The summed E-state index contributed by atoms with van der Waals surface area (Å²) in [5.41, 5.74) is 17.2. The Bertz CT molecular complexity index is 2800. The number of rotatable bonds is 13. The first-order valence-electron chi connectivity index (χ1n) is 21.5. The van der Waals surface area contributed by atoms with E-state index in [1.807, 2.05) is 0 Å². The lowest BCUT2D eigenvalue weighted by Gasteiger charge is -2.26. The number of anilines is 9. The van der Waals surface area contributed by atoms with Gasteiger partial charge >= 0.3 is 0 Å². The zero-order valence-corrected chi connectivity index (χ0v) is 35.7. The largest absolute Gasteiger partial charge is 0.311 e. The Morgan fingerprint density at radius 3 is 0.730 bits per heavy atom. The quantitative estimate of drug-likeness (QED) is 0.107. The topological polar surface area (TPSA) is 9.72 Å². The van der Waals surface area contributed by atoms with Gasteiger partial charge in [0.1, 0.15) is 0 Å². The Morgan fingerprint density at radius 2 is 0.460 bits per heavy atom. The van der Waals surface area contributed by atoms with E-state index in [0.29, 0.717) is 0 Å². The number of hydrogen-bond donors (Lipinski definition) is 0. The highest BCUT2D eigenvalue weighted by molar-refractivity contribution is 5.82. The molecule has 0 saturated carbocycles. The maximum Gasteiger partial charge on any atom is 0.0462 e. The molecule has 9 aromatic rings. The fourth-order valence-corrected chi connectivity index (χ4v) is 7.87. The van der Waals surface area contributed by atoms with Gasteiger partial charge in [-0.25, -0.2) is 0 Å². The molecule has 304 valence electrons. The van der Waals surface area contributed by atoms with Crippen molar-refractivity contribution in [1.82, 2.24) is 0 Å². The van der Waals surface area contributed by atoms with Gasteiger partial charge in [0.15, 0.2) is 0 Å². The van der Waals surface area contributed by atoms with Crippen LogP contribution in [0.25, 0.3) is 23.3 Å². The predicted molar refractivity (Wildman–Crippen MR) is 270 cm³/mol. The third kappa shape index (κ3) is 9.60. The number of aryl methyl sites for hydroxylation is 2. The Labute approximate surface area is 372 Å². The summed E-state index contributed by atoms with van der Waals surface area (Å²) < 4.78 is 0. The van der Waals surface area contributed by atoms with Crippen molar-refractivity contribution in [2.75, 3.05) is 14.7 Å². The normalized spacial score (nSPS) is 11.2. The second-order valence-electron chi connectivity index (χ2n) is 15.7. The molecule has 0 aliphatic rings. The second kappa shape index (κ2) is 19.1. The molecule has 0 radical (unpaired) electrons. The predicted octanol–water partition coefficient (Wildman–Crippen LogP) is 17.1. The molecule has 0 aliphatic heterocycles. The van der Waals surface area contributed by atoms with Crippen molar-refractivity contribution in [3.05, 3.63) is 271 Å². The van der Waals surface area contributed by atoms with Gasteiger partial charge in [-0.05, 0) is 145 Å². The van der Waals surface area contributed by atoms with Crippen LogP contribution in [0.4, 0.5) is 51.2 Å². The molecule has 0 fully saturated rings. The Balaban J connectivity index is 0.892. The monoisotopic (exact) mass is 811 g/mol. The number of nitrogens with zero attached hydrogens (tertiary/aromatic N) is 3. The summed E-state index contributed by atoms with van der Waals surface area (Å²) in [6.45, 7) is 4.25. The molecule has 0 bridgehead atoms. The minimum atomic E-state index is 1.10. The van der Waals surface area contributed by atoms with Crippen molar-refractivity contribution in [1.29, 1.82) is 0 Å². The van der Waals surface area contributed by atoms with E-state index in [0.717, 1.165) is 62.3 Å². The van der Waals surface area contributed by atoms with Gasteiger partial charge in [-0.1, -0.05) is 163 Å². The fraction of sp³-hybridized carbons (Fsp3) is 0.0333. The minimum Gasteiger partial charge on any atom is -0.311 e. The molecule has 0 unspecified atom stereocenters. The van der Waals surface area contributed by atoms with Crippen LogP contribution in [0.2, 0.25) is 0 Å². The van der Waals surface area contributed by atoms with E-state index in [4.69, 9.17) is 0 Å². The molecule has 0 amide bonds. The second-order valence-corrected chi connectivity index (χ2v) is 15.7. The number of benzene rings is 9. The van der Waals surface area contributed by atoms with Crippen molar-refractivity contribution in [3.8, 4) is 11.1 Å². The van der Waals surface area contributed by atoms with E-state index < -0.39 is 0 Å². The van der Waals surface area contributed by atoms with Crippen LogP contribution in [0.15, 0.2) is 249 Å². The number of hydrogen-bond acceptors (Lipinski definition) is 3. The van der Waals surface area contributed by atoms with Gasteiger partial charge in [-0.15, -0.1) is 0 Å². The van der Waals surface area contributed by atoms with Crippen LogP contribution in [0.1, 0.15) is 22.3 Å². The first-order valence-corrected chi connectivity index (χ1v) is 21.5. The van der Waals surface area contributed by atoms with Crippen LogP contribution in [0.3, 0.4) is 0 Å². The lowest BCUT2D eigenvalue weighted by Crippen LogP contribution is -2.09. The van der Waals surface area contributed by atoms with Gasteiger partial charge in [-0.2, -0.15) is 0 Å². The van der Waals surface area contributed by atoms with Gasteiger partial charge < -0.3 is 14.7 Å². The molecular formula is C60H49N3. The van der Waals surface area contributed by atoms with Crippen molar-refractivity contribution in [3.63, 3.8) is 0 Å². The molecule has 9 aromatic carbocycles. The summed E-state index contributed by atoms with van der Waals surface area (Å²) in [4.78, 5) is 6.90. The first-order chi connectivity index (χ1) is 31.1. The molecule has 9 rings (SSSR count). The average molecular weight is 812 g/mol. The van der Waals surface area contributed by atoms with Crippen LogP contribution in [0.5, 0.6) is 0 Å². The maximum absolute atomic E-state index is 2.31. The van der Waals surface area contributed by atoms with E-state index in [1.165, 1.54) is 22.3 Å². The third-order valence-electron chi connectivity index (χ3n) is 11.2. The molecule has 0 spiro atoms. The van der Waals surface area contributed by atoms with E-state index in [-0.39, 0.29) is 0 Å². The van der Waals surface area contributed by atoms with Crippen LogP contribution in [0, 0.1) is 13.8 Å². The average Bonchev–Trinajstić information content (AvgIpc) is 3.34. The van der Waals surface area contributed by atoms with E-state index in [1.54, 1.807) is 0 Å². The van der Waals surface area contributed by atoms with Crippen LogP contribution < -0.4 is 14.7 Å². The molecule has 3 nitrogen and oxygen atoms in total. The zero-order valence-electron chi connectivity index (χ0n) is 35.7. The van der Waals surface area contributed by atoms with E-state index in [2.05, 4.69) is 289 Å². The van der Waals surface area contributed by atoms with E-state index in [9.17, 15) is 0 Å². The Morgan fingerprint density at radius 1 is 0.238 bits per heavy atom. The fourth-order valence-electron chi connectivity index (χ4n) is 7.87. The summed E-state index contributed by atoms with van der Waals surface area (Å²) in [6, 6.07) is 84.2. The highest BCUT2D eigenvalue weighted by Gasteiger charge is 2.15. The summed E-state index contributed by atoms with van der Waals surface area (Å²) in [5.74, 6) is 0. The molecule has 0 aliphatic carbocycles. The standard InChI is InChI=1S/C60H49N3/c1-46-22-34-55(35-23-46)63(56-36-24-47(2)25-37-56)58-40-28-49(29-41-58)15-13-12-14-48-26-38-57(39-27-48)62(54-20-10-5-11-21-54)60-44-32-51(33-45-60)50-30-42-59(43-31-50)61(52-16-6-3-7-17-52)53-18-8-4-9-19-53/h3-45H,1-2H3/b14-12+,15-13+. The van der Waals surface area contributed by atoms with Crippen LogP contribution in [-0.2, 0) is 0 Å². The van der Waals surface area contributed by atoms with Crippen molar-refractivity contribution < 1.29 is 0 Å².